The van der Waals surface area contributed by atoms with Gasteiger partial charge >= 0.3 is 0 Å². The number of rotatable bonds is 24. The van der Waals surface area contributed by atoms with E-state index >= 15 is 0 Å². The van der Waals surface area contributed by atoms with Crippen LogP contribution in [-0.2, 0) is 0 Å². The fraction of sp³-hybridized carbons (Fsp3) is 0.528. The summed E-state index contributed by atoms with van der Waals surface area (Å²) < 4.78 is 0. The Morgan fingerprint density at radius 3 is 1.26 bits per heavy atom. The van der Waals surface area contributed by atoms with Gasteiger partial charge in [-0.15, -0.1) is 0 Å². The number of aromatic nitrogens is 3. The Balaban J connectivity index is 1.45. The molecule has 3 rings (SSSR count). The van der Waals surface area contributed by atoms with Gasteiger partial charge in [0, 0.05) is 25.0 Å². The van der Waals surface area contributed by atoms with E-state index in [4.69, 9.17) is 0 Å². The summed E-state index contributed by atoms with van der Waals surface area (Å²) in [4.78, 5) is 37.9. The predicted molar refractivity (Wildman–Crippen MR) is 181 cm³/mol. The first-order valence-corrected chi connectivity index (χ1v) is 17.0. The number of carbonyl (C=O) groups is 2. The Morgan fingerprint density at radius 2 is 0.913 bits per heavy atom. The van der Waals surface area contributed by atoms with E-state index in [1.165, 1.54) is 114 Å². The van der Waals surface area contributed by atoms with Crippen LogP contribution < -0.4 is 25.7 Å². The summed E-state index contributed by atoms with van der Waals surface area (Å²) in [7, 11) is 1.94. The second-order valence-corrected chi connectivity index (χ2v) is 12.0. The zero-order chi connectivity index (χ0) is 33.0. The van der Waals surface area contributed by atoms with Crippen LogP contribution in [0.15, 0.2) is 48.5 Å². The van der Waals surface area contributed by atoms with Crippen molar-refractivity contribution in [2.75, 3.05) is 29.1 Å². The molecular formula is C36H50N6O4-2. The van der Waals surface area contributed by atoms with Gasteiger partial charge in [-0.2, -0.15) is 15.0 Å². The molecule has 46 heavy (non-hydrogen) atoms. The minimum Gasteiger partial charge on any atom is -0.545 e. The molecule has 0 fully saturated rings. The Morgan fingerprint density at radius 1 is 0.565 bits per heavy atom. The molecule has 0 aliphatic carbocycles. The maximum Gasteiger partial charge on any atom is 0.233 e. The van der Waals surface area contributed by atoms with Gasteiger partial charge in [-0.1, -0.05) is 128 Å². The van der Waals surface area contributed by atoms with Crippen LogP contribution in [0.1, 0.15) is 130 Å². The minimum absolute atomic E-state index is 0.0720. The standard InChI is InChI=1S/C36H52N6O4/c1-3-4-5-6-7-8-9-10-11-12-13-14-15-16-17-18-27-42(2)36-40-34(37-30-23-19-28(20-24-30)32(43)44)39-35(41-36)38-31-25-21-29(22-26-31)33(45)46/h19-26H,3-18,27H2,1-2H3,(H,43,44)(H,45,46)(H2,37,38,39,40,41)/p-2. The molecule has 0 amide bonds. The van der Waals surface area contributed by atoms with Gasteiger partial charge in [0.15, 0.2) is 0 Å². The third kappa shape index (κ3) is 13.8. The molecule has 2 aromatic carbocycles. The SMILES string of the molecule is CCCCCCCCCCCCCCCCCCN(C)c1nc(Nc2ccc(C(=O)[O-])cc2)nc(Nc2ccc(C(=O)[O-])cc2)n1. The number of carboxylic acid groups (broad SMARTS) is 2. The highest BCUT2D eigenvalue weighted by atomic mass is 16.4. The number of carbonyl (C=O) groups excluding carboxylic acids is 2. The van der Waals surface area contributed by atoms with Crippen molar-refractivity contribution in [1.82, 2.24) is 15.0 Å². The predicted octanol–water partition coefficient (Wildman–Crippen LogP) is 6.78. The van der Waals surface area contributed by atoms with Crippen LogP contribution >= 0.6 is 0 Å². The zero-order valence-corrected chi connectivity index (χ0v) is 27.6. The molecule has 10 heteroatoms. The summed E-state index contributed by atoms with van der Waals surface area (Å²) >= 11 is 0. The molecule has 0 aliphatic heterocycles. The van der Waals surface area contributed by atoms with Crippen LogP contribution in [0.4, 0.5) is 29.2 Å². The van der Waals surface area contributed by atoms with Gasteiger partial charge in [0.2, 0.25) is 17.8 Å². The van der Waals surface area contributed by atoms with Crippen molar-refractivity contribution in [3.63, 3.8) is 0 Å². The van der Waals surface area contributed by atoms with Crippen molar-refractivity contribution in [2.24, 2.45) is 0 Å². The van der Waals surface area contributed by atoms with E-state index in [0.717, 1.165) is 19.4 Å². The molecule has 0 atom stereocenters. The van der Waals surface area contributed by atoms with Gasteiger partial charge < -0.3 is 35.3 Å². The fourth-order valence-corrected chi connectivity index (χ4v) is 5.28. The number of nitrogens with one attached hydrogen (secondary N) is 2. The summed E-state index contributed by atoms with van der Waals surface area (Å²) in [5, 5.41) is 28.4. The van der Waals surface area contributed by atoms with Crippen molar-refractivity contribution in [2.45, 2.75) is 110 Å². The van der Waals surface area contributed by atoms with E-state index in [1.54, 1.807) is 24.3 Å². The largest absolute Gasteiger partial charge is 0.545 e. The van der Waals surface area contributed by atoms with Crippen LogP contribution in [0.2, 0.25) is 0 Å². The van der Waals surface area contributed by atoms with Crippen LogP contribution in [0.5, 0.6) is 0 Å². The Kier molecular flexibility index (Phi) is 16.4. The molecule has 0 bridgehead atoms. The number of aromatic carboxylic acids is 2. The third-order valence-corrected chi connectivity index (χ3v) is 8.07. The molecule has 0 saturated heterocycles. The van der Waals surface area contributed by atoms with Gasteiger partial charge in [-0.05, 0) is 41.8 Å². The Hall–Kier alpha value is -4.21. The number of nitrogens with zero attached hydrogens (tertiary/aromatic N) is 4. The van der Waals surface area contributed by atoms with Crippen molar-refractivity contribution < 1.29 is 19.8 Å². The van der Waals surface area contributed by atoms with E-state index in [-0.39, 0.29) is 23.0 Å². The first kappa shape index (κ1) is 36.3. The van der Waals surface area contributed by atoms with Crippen molar-refractivity contribution in [1.29, 1.82) is 0 Å². The summed E-state index contributed by atoms with van der Waals surface area (Å²) in [5.41, 5.74) is 1.35. The highest BCUT2D eigenvalue weighted by Gasteiger charge is 2.12. The van der Waals surface area contributed by atoms with Crippen LogP contribution in [0, 0.1) is 0 Å². The van der Waals surface area contributed by atoms with Gasteiger partial charge in [-0.3, -0.25) is 0 Å². The highest BCUT2D eigenvalue weighted by Crippen LogP contribution is 2.21. The van der Waals surface area contributed by atoms with Crippen molar-refractivity contribution in [3.8, 4) is 0 Å². The maximum atomic E-state index is 11.1. The molecule has 0 spiro atoms. The van der Waals surface area contributed by atoms with E-state index in [9.17, 15) is 19.8 Å². The topological polar surface area (TPSA) is 146 Å². The highest BCUT2D eigenvalue weighted by molar-refractivity contribution is 5.87. The smallest absolute Gasteiger partial charge is 0.233 e. The molecule has 250 valence electrons. The minimum atomic E-state index is -1.25. The summed E-state index contributed by atoms with van der Waals surface area (Å²) in [5.74, 6) is -1.47. The second-order valence-electron chi connectivity index (χ2n) is 12.0. The number of benzene rings is 2. The fourth-order valence-electron chi connectivity index (χ4n) is 5.28. The number of unbranched alkanes of at least 4 members (excludes halogenated alkanes) is 15. The molecular weight excluding hydrogens is 580 g/mol. The molecule has 0 aliphatic rings. The number of hydrogen-bond acceptors (Lipinski definition) is 10. The molecule has 3 aromatic rings. The van der Waals surface area contributed by atoms with Crippen LogP contribution in [0.3, 0.4) is 0 Å². The summed E-state index contributed by atoms with van der Waals surface area (Å²) in [6.07, 6.45) is 21.1. The lowest BCUT2D eigenvalue weighted by Crippen LogP contribution is -2.22. The molecule has 10 nitrogen and oxygen atoms in total. The van der Waals surface area contributed by atoms with Crippen molar-refractivity contribution >= 4 is 41.2 Å². The van der Waals surface area contributed by atoms with E-state index in [1.807, 2.05) is 11.9 Å². The monoisotopic (exact) mass is 630 g/mol. The molecule has 0 radical (unpaired) electrons. The first-order valence-electron chi connectivity index (χ1n) is 17.0. The molecule has 1 heterocycles. The average Bonchev–Trinajstić information content (AvgIpc) is 3.05. The number of carboxylic acids is 2. The van der Waals surface area contributed by atoms with Crippen LogP contribution in [0.25, 0.3) is 0 Å². The third-order valence-electron chi connectivity index (χ3n) is 8.07. The zero-order valence-electron chi connectivity index (χ0n) is 27.6. The van der Waals surface area contributed by atoms with Gasteiger partial charge in [-0.25, -0.2) is 0 Å². The van der Waals surface area contributed by atoms with Crippen LogP contribution in [-0.4, -0.2) is 40.5 Å². The summed E-state index contributed by atoms with van der Waals surface area (Å²) in [6, 6.07) is 12.2. The lowest BCUT2D eigenvalue weighted by Gasteiger charge is -2.19. The maximum absolute atomic E-state index is 11.1. The summed E-state index contributed by atoms with van der Waals surface area (Å²) in [6.45, 7) is 3.05. The van der Waals surface area contributed by atoms with E-state index in [0.29, 0.717) is 17.3 Å². The Labute approximate surface area is 274 Å². The first-order chi connectivity index (χ1) is 22.4. The lowest BCUT2D eigenvalue weighted by atomic mass is 10.0. The quantitative estimate of drug-likeness (QED) is 0.102. The second kappa shape index (κ2) is 20.7. The van der Waals surface area contributed by atoms with E-state index < -0.39 is 11.9 Å². The van der Waals surface area contributed by atoms with Gasteiger partial charge in [0.05, 0.1) is 11.9 Å². The number of hydrogen-bond donors (Lipinski definition) is 2. The normalized spacial score (nSPS) is 10.9. The molecule has 0 unspecified atom stereocenters. The van der Waals surface area contributed by atoms with E-state index in [2.05, 4.69) is 32.5 Å². The van der Waals surface area contributed by atoms with Crippen molar-refractivity contribution in [3.05, 3.63) is 59.7 Å². The average molecular weight is 631 g/mol. The molecule has 0 saturated carbocycles. The lowest BCUT2D eigenvalue weighted by molar-refractivity contribution is -0.256. The molecule has 2 N–H and O–H groups in total. The van der Waals surface area contributed by atoms with Gasteiger partial charge in [0.1, 0.15) is 0 Å². The number of anilines is 5. The van der Waals surface area contributed by atoms with Gasteiger partial charge in [0.25, 0.3) is 0 Å². The Bertz CT molecular complexity index is 1240. The molecule has 1 aromatic heterocycles.